The fraction of sp³-hybridized carbons (Fsp3) is 0.600. The summed E-state index contributed by atoms with van der Waals surface area (Å²) in [7, 11) is 0. The van der Waals surface area contributed by atoms with E-state index in [1.807, 2.05) is 6.92 Å². The van der Waals surface area contributed by atoms with Crippen molar-refractivity contribution < 1.29 is 0 Å². The molecule has 2 heterocycles. The van der Waals surface area contributed by atoms with Crippen molar-refractivity contribution in [3.63, 3.8) is 0 Å². The van der Waals surface area contributed by atoms with E-state index in [0.717, 1.165) is 24.9 Å². The van der Waals surface area contributed by atoms with Crippen LogP contribution in [0, 0.1) is 6.92 Å². The molecule has 0 bridgehead atoms. The molecule has 0 aliphatic carbocycles. The highest BCUT2D eigenvalue weighted by Gasteiger charge is 2.12. The summed E-state index contributed by atoms with van der Waals surface area (Å²) in [5.41, 5.74) is 0. The third-order valence-electron chi connectivity index (χ3n) is 1.55. The van der Waals surface area contributed by atoms with E-state index in [9.17, 15) is 0 Å². The first-order chi connectivity index (χ1) is 4.38. The minimum Gasteiger partial charge on any atom is -0.353 e. The van der Waals surface area contributed by atoms with E-state index in [0.29, 0.717) is 0 Å². The Morgan fingerprint density at radius 1 is 1.56 bits per heavy atom. The second-order valence-corrected chi connectivity index (χ2v) is 2.15. The van der Waals surface area contributed by atoms with Gasteiger partial charge in [0.05, 0.1) is 0 Å². The standard InChI is InChI=1S/C5H8N4/c1-4-7-8-5-6-2-3-9(4)5/h2-3H2,1H3,(H,6,8). The summed E-state index contributed by atoms with van der Waals surface area (Å²) in [6, 6.07) is 0. The van der Waals surface area contributed by atoms with E-state index in [-0.39, 0.29) is 0 Å². The molecule has 0 saturated carbocycles. The van der Waals surface area contributed by atoms with Crippen LogP contribution in [-0.4, -0.2) is 21.3 Å². The number of aromatic nitrogens is 3. The monoisotopic (exact) mass is 124 g/mol. The zero-order valence-electron chi connectivity index (χ0n) is 5.26. The van der Waals surface area contributed by atoms with Crippen LogP contribution in [0.2, 0.25) is 0 Å². The zero-order chi connectivity index (χ0) is 6.27. The predicted octanol–water partition coefficient (Wildman–Crippen LogP) is 0.0120. The zero-order valence-corrected chi connectivity index (χ0v) is 5.26. The summed E-state index contributed by atoms with van der Waals surface area (Å²) < 4.78 is 2.07. The number of anilines is 1. The predicted molar refractivity (Wildman–Crippen MR) is 33.2 cm³/mol. The molecule has 0 atom stereocenters. The molecule has 9 heavy (non-hydrogen) atoms. The molecule has 1 aliphatic rings. The van der Waals surface area contributed by atoms with Crippen LogP contribution in [0.1, 0.15) is 5.82 Å². The largest absolute Gasteiger partial charge is 0.353 e. The van der Waals surface area contributed by atoms with E-state index in [1.54, 1.807) is 0 Å². The van der Waals surface area contributed by atoms with Crippen LogP contribution < -0.4 is 5.32 Å². The first kappa shape index (κ1) is 4.78. The van der Waals surface area contributed by atoms with Crippen molar-refractivity contribution in [1.29, 1.82) is 0 Å². The molecule has 1 aliphatic heterocycles. The summed E-state index contributed by atoms with van der Waals surface area (Å²) in [5.74, 6) is 1.91. The quantitative estimate of drug-likeness (QED) is 0.530. The number of nitrogens with zero attached hydrogens (tertiary/aromatic N) is 3. The summed E-state index contributed by atoms with van der Waals surface area (Å²) in [4.78, 5) is 0. The summed E-state index contributed by atoms with van der Waals surface area (Å²) >= 11 is 0. The van der Waals surface area contributed by atoms with E-state index in [2.05, 4.69) is 20.1 Å². The first-order valence-electron chi connectivity index (χ1n) is 3.01. The highest BCUT2D eigenvalue weighted by Crippen LogP contribution is 2.10. The lowest BCUT2D eigenvalue weighted by atomic mass is 10.6. The number of aryl methyl sites for hydroxylation is 1. The minimum atomic E-state index is 0.910. The van der Waals surface area contributed by atoms with Gasteiger partial charge in [-0.25, -0.2) is 0 Å². The van der Waals surface area contributed by atoms with Gasteiger partial charge in [-0.05, 0) is 6.92 Å². The third-order valence-corrected chi connectivity index (χ3v) is 1.55. The van der Waals surface area contributed by atoms with Gasteiger partial charge in [0.1, 0.15) is 5.82 Å². The van der Waals surface area contributed by atoms with Crippen LogP contribution >= 0.6 is 0 Å². The van der Waals surface area contributed by atoms with Crippen molar-refractivity contribution in [2.75, 3.05) is 11.9 Å². The maximum Gasteiger partial charge on any atom is 0.224 e. The number of fused-ring (bicyclic) bond motifs is 1. The molecule has 1 aromatic heterocycles. The molecule has 48 valence electrons. The lowest BCUT2D eigenvalue weighted by Crippen LogP contribution is -1.97. The van der Waals surface area contributed by atoms with Gasteiger partial charge in [0.15, 0.2) is 0 Å². The molecule has 4 nitrogen and oxygen atoms in total. The fourth-order valence-corrected chi connectivity index (χ4v) is 1.06. The Hall–Kier alpha value is -1.06. The first-order valence-corrected chi connectivity index (χ1v) is 3.01. The average Bonchev–Trinajstić information content (AvgIpc) is 2.35. The van der Waals surface area contributed by atoms with E-state index in [1.165, 1.54) is 0 Å². The van der Waals surface area contributed by atoms with Crippen molar-refractivity contribution in [3.8, 4) is 0 Å². The highest BCUT2D eigenvalue weighted by molar-refractivity contribution is 5.29. The molecule has 1 N–H and O–H groups in total. The second-order valence-electron chi connectivity index (χ2n) is 2.15. The molecule has 0 fully saturated rings. The normalized spacial score (nSPS) is 15.2. The van der Waals surface area contributed by atoms with E-state index < -0.39 is 0 Å². The van der Waals surface area contributed by atoms with Gasteiger partial charge in [-0.3, -0.25) is 4.57 Å². The van der Waals surface area contributed by atoms with Crippen LogP contribution in [0.3, 0.4) is 0 Å². The fourth-order valence-electron chi connectivity index (χ4n) is 1.06. The van der Waals surface area contributed by atoms with Gasteiger partial charge < -0.3 is 5.32 Å². The topological polar surface area (TPSA) is 42.7 Å². The van der Waals surface area contributed by atoms with Crippen molar-refractivity contribution in [2.45, 2.75) is 13.5 Å². The number of rotatable bonds is 0. The third kappa shape index (κ3) is 0.526. The molecule has 0 radical (unpaired) electrons. The number of nitrogens with one attached hydrogen (secondary N) is 1. The van der Waals surface area contributed by atoms with Crippen molar-refractivity contribution >= 4 is 5.95 Å². The van der Waals surface area contributed by atoms with Crippen molar-refractivity contribution in [1.82, 2.24) is 14.8 Å². The molecule has 4 heteroatoms. The SMILES string of the molecule is Cc1nnc2n1CCN2. The summed E-state index contributed by atoms with van der Waals surface area (Å²) in [5, 5.41) is 10.9. The Bertz CT molecular complexity index is 227. The lowest BCUT2D eigenvalue weighted by Gasteiger charge is -1.90. The van der Waals surface area contributed by atoms with Crippen molar-refractivity contribution in [3.05, 3.63) is 5.82 Å². The minimum absolute atomic E-state index is 0.910. The van der Waals surface area contributed by atoms with Crippen LogP contribution in [0.4, 0.5) is 5.95 Å². The smallest absolute Gasteiger partial charge is 0.224 e. The van der Waals surface area contributed by atoms with E-state index in [4.69, 9.17) is 0 Å². The van der Waals surface area contributed by atoms with E-state index >= 15 is 0 Å². The summed E-state index contributed by atoms with van der Waals surface area (Å²) in [6.07, 6.45) is 0. The Balaban J connectivity index is 2.56. The van der Waals surface area contributed by atoms with Crippen LogP contribution in [-0.2, 0) is 6.54 Å². The van der Waals surface area contributed by atoms with Gasteiger partial charge in [0.25, 0.3) is 0 Å². The van der Waals surface area contributed by atoms with Crippen LogP contribution in [0.25, 0.3) is 0 Å². The van der Waals surface area contributed by atoms with Gasteiger partial charge in [-0.15, -0.1) is 10.2 Å². The Morgan fingerprint density at radius 2 is 2.44 bits per heavy atom. The Labute approximate surface area is 52.9 Å². The molecular weight excluding hydrogens is 116 g/mol. The lowest BCUT2D eigenvalue weighted by molar-refractivity contribution is 0.764. The maximum absolute atomic E-state index is 3.90. The van der Waals surface area contributed by atoms with Crippen LogP contribution in [0.5, 0.6) is 0 Å². The highest BCUT2D eigenvalue weighted by atomic mass is 15.4. The molecule has 0 saturated heterocycles. The molecule has 0 unspecified atom stereocenters. The summed E-state index contributed by atoms with van der Waals surface area (Å²) in [6.45, 7) is 3.96. The van der Waals surface area contributed by atoms with Crippen LogP contribution in [0.15, 0.2) is 0 Å². The molecule has 2 rings (SSSR count). The second kappa shape index (κ2) is 1.46. The average molecular weight is 124 g/mol. The molecule has 1 aromatic rings. The Kier molecular flexibility index (Phi) is 0.777. The molecule has 0 spiro atoms. The number of hydrogen-bond acceptors (Lipinski definition) is 3. The molecule has 0 aromatic carbocycles. The van der Waals surface area contributed by atoms with Crippen molar-refractivity contribution in [2.24, 2.45) is 0 Å². The Morgan fingerprint density at radius 3 is 3.22 bits per heavy atom. The van der Waals surface area contributed by atoms with Gasteiger partial charge in [-0.2, -0.15) is 0 Å². The molecular formula is C5H8N4. The maximum atomic E-state index is 3.90. The van der Waals surface area contributed by atoms with Gasteiger partial charge in [0.2, 0.25) is 5.95 Å². The number of hydrogen-bond donors (Lipinski definition) is 1. The van der Waals surface area contributed by atoms with Gasteiger partial charge in [-0.1, -0.05) is 0 Å². The van der Waals surface area contributed by atoms with Gasteiger partial charge in [0, 0.05) is 13.1 Å². The molecule has 0 amide bonds. The van der Waals surface area contributed by atoms with Gasteiger partial charge >= 0.3 is 0 Å².